The molecule has 1 atom stereocenters. The van der Waals surface area contributed by atoms with E-state index in [2.05, 4.69) is 4.90 Å². The van der Waals surface area contributed by atoms with Gasteiger partial charge in [0.1, 0.15) is 5.75 Å². The normalized spacial score (nSPS) is 13.3. The van der Waals surface area contributed by atoms with Gasteiger partial charge in [-0.15, -0.1) is 0 Å². The molecule has 35 heavy (non-hydrogen) atoms. The maximum atomic E-state index is 13.6. The Morgan fingerprint density at radius 2 is 1.66 bits per heavy atom. The number of nitrogens with two attached hydrogens (primary N) is 1. The van der Waals surface area contributed by atoms with Crippen molar-refractivity contribution in [3.8, 4) is 17.2 Å². The van der Waals surface area contributed by atoms with Gasteiger partial charge in [0.2, 0.25) is 0 Å². The topological polar surface area (TPSA) is 94.3 Å². The number of amides is 2. The molecule has 8 heteroatoms. The van der Waals surface area contributed by atoms with E-state index in [0.717, 1.165) is 18.5 Å². The van der Waals surface area contributed by atoms with Gasteiger partial charge < -0.3 is 24.8 Å². The minimum atomic E-state index is -0.484. The molecule has 1 aliphatic rings. The van der Waals surface area contributed by atoms with E-state index >= 15 is 0 Å². The molecule has 8 nitrogen and oxygen atoms in total. The molecular formula is C27H39N3O5. The third kappa shape index (κ3) is 6.52. The zero-order valence-corrected chi connectivity index (χ0v) is 21.8. The molecule has 0 radical (unpaired) electrons. The molecule has 192 valence electrons. The van der Waals surface area contributed by atoms with Crippen molar-refractivity contribution in [3.63, 3.8) is 0 Å². The van der Waals surface area contributed by atoms with Crippen LogP contribution in [0.4, 0.5) is 0 Å². The second-order valence-corrected chi connectivity index (χ2v) is 8.23. The van der Waals surface area contributed by atoms with Crippen molar-refractivity contribution in [2.45, 2.75) is 39.2 Å². The SMILES string of the molecule is CC.COc1ccc([C@@H](CCCN)N2C(=O)c3cccc(OCCCN(C)C)c3C2=O)cc1OC. The molecule has 2 amide bonds. The van der Waals surface area contributed by atoms with Crippen molar-refractivity contribution >= 4 is 11.8 Å². The lowest BCUT2D eigenvalue weighted by atomic mass is 9.99. The number of imide groups is 1. The van der Waals surface area contributed by atoms with Gasteiger partial charge >= 0.3 is 0 Å². The Labute approximate surface area is 208 Å². The van der Waals surface area contributed by atoms with Gasteiger partial charge in [0.05, 0.1) is 38.0 Å². The number of ether oxygens (including phenoxy) is 3. The monoisotopic (exact) mass is 485 g/mol. The Bertz CT molecular complexity index is 993. The van der Waals surface area contributed by atoms with Gasteiger partial charge in [0.25, 0.3) is 11.8 Å². The van der Waals surface area contributed by atoms with Gasteiger partial charge in [-0.05, 0) is 69.7 Å². The average Bonchev–Trinajstić information content (AvgIpc) is 3.13. The highest BCUT2D eigenvalue weighted by Crippen LogP contribution is 2.40. The van der Waals surface area contributed by atoms with Crippen molar-refractivity contribution in [2.24, 2.45) is 5.73 Å². The number of fused-ring (bicyclic) bond motifs is 1. The van der Waals surface area contributed by atoms with E-state index in [0.29, 0.717) is 54.4 Å². The first-order chi connectivity index (χ1) is 16.9. The molecule has 0 fully saturated rings. The molecule has 0 bridgehead atoms. The van der Waals surface area contributed by atoms with E-state index in [-0.39, 0.29) is 11.8 Å². The molecule has 2 N–H and O–H groups in total. The molecule has 0 aliphatic carbocycles. The minimum absolute atomic E-state index is 0.325. The lowest BCUT2D eigenvalue weighted by Crippen LogP contribution is -2.34. The first-order valence-electron chi connectivity index (χ1n) is 12.1. The molecule has 0 unspecified atom stereocenters. The highest BCUT2D eigenvalue weighted by atomic mass is 16.5. The summed E-state index contributed by atoms with van der Waals surface area (Å²) in [5.74, 6) is 0.876. The van der Waals surface area contributed by atoms with Gasteiger partial charge in [-0.3, -0.25) is 14.5 Å². The van der Waals surface area contributed by atoms with Crippen LogP contribution in [0.25, 0.3) is 0 Å². The summed E-state index contributed by atoms with van der Waals surface area (Å²) in [6.07, 6.45) is 2.00. The molecule has 1 aliphatic heterocycles. The molecule has 0 saturated heterocycles. The molecule has 2 aromatic carbocycles. The summed E-state index contributed by atoms with van der Waals surface area (Å²) in [6.45, 7) is 5.78. The lowest BCUT2D eigenvalue weighted by Gasteiger charge is -2.27. The molecule has 3 rings (SSSR count). The summed E-state index contributed by atoms with van der Waals surface area (Å²) in [5.41, 5.74) is 7.24. The summed E-state index contributed by atoms with van der Waals surface area (Å²) < 4.78 is 16.7. The first-order valence-corrected chi connectivity index (χ1v) is 12.1. The van der Waals surface area contributed by atoms with Crippen molar-refractivity contribution in [1.82, 2.24) is 9.80 Å². The summed E-state index contributed by atoms with van der Waals surface area (Å²) in [4.78, 5) is 30.3. The minimum Gasteiger partial charge on any atom is -0.493 e. The number of carbonyl (C=O) groups is 2. The fourth-order valence-corrected chi connectivity index (χ4v) is 4.05. The number of nitrogens with zero attached hydrogens (tertiary/aromatic N) is 2. The number of rotatable bonds is 12. The maximum absolute atomic E-state index is 13.6. The second-order valence-electron chi connectivity index (χ2n) is 8.23. The largest absolute Gasteiger partial charge is 0.493 e. The molecule has 0 aromatic heterocycles. The highest BCUT2D eigenvalue weighted by Gasteiger charge is 2.42. The maximum Gasteiger partial charge on any atom is 0.265 e. The smallest absolute Gasteiger partial charge is 0.265 e. The summed E-state index contributed by atoms with van der Waals surface area (Å²) in [6, 6.07) is 10.1. The van der Waals surface area contributed by atoms with Crippen LogP contribution < -0.4 is 19.9 Å². The molecular weight excluding hydrogens is 446 g/mol. The van der Waals surface area contributed by atoms with Crippen LogP contribution in [-0.4, -0.2) is 69.6 Å². The Morgan fingerprint density at radius 3 is 2.29 bits per heavy atom. The molecule has 0 spiro atoms. The van der Waals surface area contributed by atoms with Crippen LogP contribution in [0.1, 0.15) is 65.4 Å². The van der Waals surface area contributed by atoms with Crippen LogP contribution in [0.2, 0.25) is 0 Å². The first kappa shape index (κ1) is 28.1. The van der Waals surface area contributed by atoms with Crippen LogP contribution in [0.3, 0.4) is 0 Å². The third-order valence-electron chi connectivity index (χ3n) is 5.70. The second kappa shape index (κ2) is 13.7. The predicted octanol–water partition coefficient (Wildman–Crippen LogP) is 4.14. The predicted molar refractivity (Wildman–Crippen MR) is 138 cm³/mol. The lowest BCUT2D eigenvalue weighted by molar-refractivity contribution is 0.0571. The van der Waals surface area contributed by atoms with E-state index in [1.54, 1.807) is 38.5 Å². The van der Waals surface area contributed by atoms with Gasteiger partial charge in [-0.25, -0.2) is 0 Å². The van der Waals surface area contributed by atoms with E-state index in [9.17, 15) is 9.59 Å². The number of benzene rings is 2. The Hall–Kier alpha value is -3.10. The van der Waals surface area contributed by atoms with E-state index in [1.807, 2.05) is 40.1 Å². The number of carbonyl (C=O) groups excluding carboxylic acids is 2. The molecule has 2 aromatic rings. The van der Waals surface area contributed by atoms with E-state index in [1.165, 1.54) is 4.90 Å². The zero-order chi connectivity index (χ0) is 26.0. The number of hydrogen-bond acceptors (Lipinski definition) is 7. The van der Waals surface area contributed by atoms with Crippen molar-refractivity contribution in [1.29, 1.82) is 0 Å². The van der Waals surface area contributed by atoms with Gasteiger partial charge in [-0.1, -0.05) is 26.0 Å². The van der Waals surface area contributed by atoms with Crippen LogP contribution in [0.15, 0.2) is 36.4 Å². The van der Waals surface area contributed by atoms with E-state index < -0.39 is 6.04 Å². The van der Waals surface area contributed by atoms with Gasteiger partial charge in [-0.2, -0.15) is 0 Å². The number of hydrogen-bond donors (Lipinski definition) is 1. The van der Waals surface area contributed by atoms with Crippen LogP contribution >= 0.6 is 0 Å². The van der Waals surface area contributed by atoms with Crippen molar-refractivity contribution < 1.29 is 23.8 Å². The number of methoxy groups -OCH3 is 2. The van der Waals surface area contributed by atoms with Crippen LogP contribution in [0.5, 0.6) is 17.2 Å². The zero-order valence-electron chi connectivity index (χ0n) is 21.8. The molecule has 0 saturated carbocycles. The molecule has 1 heterocycles. The quantitative estimate of drug-likeness (QED) is 0.357. The Kier molecular flexibility index (Phi) is 11.0. The van der Waals surface area contributed by atoms with Crippen LogP contribution in [-0.2, 0) is 0 Å². The van der Waals surface area contributed by atoms with E-state index in [4.69, 9.17) is 19.9 Å². The third-order valence-corrected chi connectivity index (χ3v) is 5.70. The van der Waals surface area contributed by atoms with Crippen molar-refractivity contribution in [2.75, 3.05) is 48.0 Å². The van der Waals surface area contributed by atoms with Gasteiger partial charge in [0.15, 0.2) is 11.5 Å². The standard InChI is InChI=1S/C25H33N3O5.C2H6/c1-27(2)14-7-15-33-21-10-5-8-18-23(21)25(30)28(24(18)29)19(9-6-13-26)17-11-12-20(31-3)22(16-17)32-4;1-2/h5,8,10-12,16,19H,6-7,9,13-15,26H2,1-4H3;1-2H3/t19-;/m1./s1. The van der Waals surface area contributed by atoms with Crippen molar-refractivity contribution in [3.05, 3.63) is 53.1 Å². The highest BCUT2D eigenvalue weighted by molar-refractivity contribution is 6.22. The summed E-state index contributed by atoms with van der Waals surface area (Å²) in [5, 5.41) is 0. The fraction of sp³-hybridized carbons (Fsp3) is 0.481. The average molecular weight is 486 g/mol. The summed E-state index contributed by atoms with van der Waals surface area (Å²) >= 11 is 0. The van der Waals surface area contributed by atoms with Crippen LogP contribution in [0, 0.1) is 0 Å². The fourth-order valence-electron chi connectivity index (χ4n) is 4.05. The Morgan fingerprint density at radius 1 is 0.943 bits per heavy atom. The van der Waals surface area contributed by atoms with Gasteiger partial charge in [0, 0.05) is 6.54 Å². The summed E-state index contributed by atoms with van der Waals surface area (Å²) in [7, 11) is 7.11. The Balaban J connectivity index is 0.00000210.